The van der Waals surface area contributed by atoms with Crippen molar-refractivity contribution in [3.8, 4) is 0 Å². The molecule has 0 bridgehead atoms. The molecule has 0 fully saturated rings. The second-order valence-corrected chi connectivity index (χ2v) is 3.72. The number of halogens is 1. The summed E-state index contributed by atoms with van der Waals surface area (Å²) in [6.45, 7) is 0.822. The Morgan fingerprint density at radius 1 is 1.40 bits per heavy atom. The van der Waals surface area contributed by atoms with Gasteiger partial charge in [0, 0.05) is 13.0 Å². The van der Waals surface area contributed by atoms with Gasteiger partial charge in [0.05, 0.1) is 5.52 Å². The Balaban J connectivity index is 2.56. The van der Waals surface area contributed by atoms with Crippen LogP contribution in [-0.2, 0) is 13.0 Å². The summed E-state index contributed by atoms with van der Waals surface area (Å²) in [6.07, 6.45) is 1.78. The van der Waals surface area contributed by atoms with Gasteiger partial charge in [-0.1, -0.05) is 6.07 Å². The fraction of sp³-hybridized carbons (Fsp3) is 0.273. The first-order chi connectivity index (χ1) is 7.27. The zero-order valence-corrected chi connectivity index (χ0v) is 8.03. The third-order valence-electron chi connectivity index (χ3n) is 2.82. The Morgan fingerprint density at radius 3 is 3.13 bits per heavy atom. The molecule has 15 heavy (non-hydrogen) atoms. The number of aryl methyl sites for hydroxylation is 2. The molecule has 1 aliphatic heterocycles. The molecule has 76 valence electrons. The molecule has 0 radical (unpaired) electrons. The normalized spacial score (nSPS) is 14.5. The molecule has 2 heterocycles. The molecule has 3 rings (SSSR count). The Labute approximate surface area is 85.2 Å². The molecule has 0 atom stereocenters. The Bertz CT molecular complexity index is 603. The van der Waals surface area contributed by atoms with E-state index < -0.39 is 11.4 Å². The first kappa shape index (κ1) is 8.59. The highest BCUT2D eigenvalue weighted by molar-refractivity contribution is 5.79. The summed E-state index contributed by atoms with van der Waals surface area (Å²) in [5, 5.41) is 0.114. The molecular weight excluding hydrogens is 195 g/mol. The topological polar surface area (TPSA) is 34.9 Å². The fourth-order valence-corrected chi connectivity index (χ4v) is 2.16. The fourth-order valence-electron chi connectivity index (χ4n) is 2.16. The smallest absolute Gasteiger partial charge is 0.283 e. The van der Waals surface area contributed by atoms with Crippen molar-refractivity contribution in [2.75, 3.05) is 0 Å². The molecule has 1 aromatic carbocycles. The number of nitrogens with zero attached hydrogens (tertiary/aromatic N) is 2. The molecule has 0 unspecified atom stereocenters. The summed E-state index contributed by atoms with van der Waals surface area (Å²) < 4.78 is 15.4. The molecule has 1 aliphatic rings. The minimum atomic E-state index is -0.479. The van der Waals surface area contributed by atoms with E-state index in [9.17, 15) is 9.18 Å². The van der Waals surface area contributed by atoms with Crippen LogP contribution in [0.1, 0.15) is 12.2 Å². The van der Waals surface area contributed by atoms with Crippen LogP contribution in [0.2, 0.25) is 0 Å². The maximum atomic E-state index is 13.5. The van der Waals surface area contributed by atoms with E-state index in [1.54, 1.807) is 12.1 Å². The summed E-state index contributed by atoms with van der Waals surface area (Å²) in [5.74, 6) is 0.297. The molecule has 0 N–H and O–H groups in total. The van der Waals surface area contributed by atoms with Crippen molar-refractivity contribution in [3.63, 3.8) is 0 Å². The number of fused-ring (bicyclic) bond motifs is 3. The summed E-state index contributed by atoms with van der Waals surface area (Å²) in [7, 11) is 0. The van der Waals surface area contributed by atoms with E-state index in [1.807, 2.05) is 4.57 Å². The van der Waals surface area contributed by atoms with Gasteiger partial charge in [-0.05, 0) is 18.6 Å². The van der Waals surface area contributed by atoms with E-state index >= 15 is 0 Å². The molecule has 0 amide bonds. The zero-order chi connectivity index (χ0) is 10.4. The van der Waals surface area contributed by atoms with Crippen LogP contribution < -0.4 is 5.56 Å². The van der Waals surface area contributed by atoms with Crippen LogP contribution in [0.15, 0.2) is 23.0 Å². The van der Waals surface area contributed by atoms with E-state index in [4.69, 9.17) is 0 Å². The predicted molar refractivity (Wildman–Crippen MR) is 54.3 cm³/mol. The first-order valence-electron chi connectivity index (χ1n) is 4.95. The number of rotatable bonds is 0. The lowest BCUT2D eigenvalue weighted by Crippen LogP contribution is -2.15. The van der Waals surface area contributed by atoms with Crippen LogP contribution in [0.4, 0.5) is 4.39 Å². The molecule has 4 heteroatoms. The van der Waals surface area contributed by atoms with E-state index in [-0.39, 0.29) is 5.39 Å². The maximum absolute atomic E-state index is 13.5. The van der Waals surface area contributed by atoms with E-state index in [1.165, 1.54) is 6.07 Å². The monoisotopic (exact) mass is 204 g/mol. The van der Waals surface area contributed by atoms with Crippen molar-refractivity contribution in [3.05, 3.63) is 40.2 Å². The van der Waals surface area contributed by atoms with Crippen LogP contribution in [-0.4, -0.2) is 9.55 Å². The first-order valence-corrected chi connectivity index (χ1v) is 4.95. The number of aromatic nitrogens is 2. The minimum Gasteiger partial charge on any atom is -0.329 e. The number of hydrogen-bond donors (Lipinski definition) is 0. The Kier molecular flexibility index (Phi) is 1.65. The summed E-state index contributed by atoms with van der Waals surface area (Å²) in [6, 6.07) is 4.70. The van der Waals surface area contributed by atoms with Gasteiger partial charge in [0.15, 0.2) is 0 Å². The minimum absolute atomic E-state index is 0.114. The highest BCUT2D eigenvalue weighted by Gasteiger charge is 2.17. The lowest BCUT2D eigenvalue weighted by Gasteiger charge is -2.07. The van der Waals surface area contributed by atoms with Crippen molar-refractivity contribution in [2.24, 2.45) is 0 Å². The van der Waals surface area contributed by atoms with Gasteiger partial charge in [-0.3, -0.25) is 4.79 Å². The summed E-state index contributed by atoms with van der Waals surface area (Å²) in [5.41, 5.74) is 0.221. The van der Waals surface area contributed by atoms with Crippen LogP contribution in [0.5, 0.6) is 0 Å². The van der Waals surface area contributed by atoms with Gasteiger partial charge in [0.2, 0.25) is 0 Å². The molecule has 3 nitrogen and oxygen atoms in total. The molecule has 1 aromatic heterocycles. The molecule has 0 aliphatic carbocycles. The van der Waals surface area contributed by atoms with Gasteiger partial charge >= 0.3 is 0 Å². The largest absolute Gasteiger partial charge is 0.329 e. The standard InChI is InChI=1S/C11H9FN2O/c12-7-3-1-4-8-10(7)11(15)13-9-5-2-6-14(8)9/h1,3-4H,2,5-6H2. The van der Waals surface area contributed by atoms with Gasteiger partial charge in [0.1, 0.15) is 17.0 Å². The molecule has 2 aromatic rings. The van der Waals surface area contributed by atoms with Crippen molar-refractivity contribution in [2.45, 2.75) is 19.4 Å². The van der Waals surface area contributed by atoms with E-state index in [2.05, 4.69) is 4.98 Å². The number of hydrogen-bond acceptors (Lipinski definition) is 2. The third kappa shape index (κ3) is 1.11. The van der Waals surface area contributed by atoms with E-state index in [0.717, 1.165) is 25.2 Å². The van der Waals surface area contributed by atoms with Crippen LogP contribution in [0, 0.1) is 5.82 Å². The van der Waals surface area contributed by atoms with Gasteiger partial charge in [0.25, 0.3) is 5.56 Å². The average Bonchev–Trinajstić information content (AvgIpc) is 2.65. The summed E-state index contributed by atoms with van der Waals surface area (Å²) in [4.78, 5) is 15.5. The number of benzene rings is 1. The highest BCUT2D eigenvalue weighted by Crippen LogP contribution is 2.19. The van der Waals surface area contributed by atoms with Crippen molar-refractivity contribution in [1.82, 2.24) is 9.55 Å². The van der Waals surface area contributed by atoms with E-state index in [0.29, 0.717) is 5.52 Å². The lowest BCUT2D eigenvalue weighted by molar-refractivity contribution is 0.636. The second kappa shape index (κ2) is 2.89. The van der Waals surface area contributed by atoms with Crippen LogP contribution >= 0.6 is 0 Å². The average molecular weight is 204 g/mol. The Hall–Kier alpha value is -1.71. The SMILES string of the molecule is O=c1nc2n(c3cccc(F)c13)CCC2. The van der Waals surface area contributed by atoms with Crippen molar-refractivity contribution < 1.29 is 4.39 Å². The Morgan fingerprint density at radius 2 is 2.27 bits per heavy atom. The van der Waals surface area contributed by atoms with Gasteiger partial charge < -0.3 is 4.57 Å². The zero-order valence-electron chi connectivity index (χ0n) is 8.03. The second-order valence-electron chi connectivity index (χ2n) is 3.72. The van der Waals surface area contributed by atoms with Crippen LogP contribution in [0.25, 0.3) is 10.9 Å². The highest BCUT2D eigenvalue weighted by atomic mass is 19.1. The predicted octanol–water partition coefficient (Wildman–Crippen LogP) is 1.48. The molecule has 0 spiro atoms. The van der Waals surface area contributed by atoms with Gasteiger partial charge in [-0.15, -0.1) is 0 Å². The molecular formula is C11H9FN2O. The van der Waals surface area contributed by atoms with Gasteiger partial charge in [-0.25, -0.2) is 4.39 Å². The summed E-state index contributed by atoms with van der Waals surface area (Å²) >= 11 is 0. The molecule has 0 saturated heterocycles. The van der Waals surface area contributed by atoms with Crippen molar-refractivity contribution >= 4 is 10.9 Å². The molecule has 0 saturated carbocycles. The third-order valence-corrected chi connectivity index (χ3v) is 2.82. The maximum Gasteiger partial charge on any atom is 0.283 e. The van der Waals surface area contributed by atoms with Gasteiger partial charge in [-0.2, -0.15) is 4.98 Å². The lowest BCUT2D eigenvalue weighted by atomic mass is 10.2. The quantitative estimate of drug-likeness (QED) is 0.651. The van der Waals surface area contributed by atoms with Crippen molar-refractivity contribution in [1.29, 1.82) is 0 Å². The van der Waals surface area contributed by atoms with Crippen LogP contribution in [0.3, 0.4) is 0 Å².